The lowest BCUT2D eigenvalue weighted by atomic mass is 9.93. The number of aliphatic hydroxyl groups is 9. The Morgan fingerprint density at radius 3 is 1.84 bits per heavy atom. The number of carboxylic acids is 1. The minimum Gasteiger partial charge on any atom is -0.479 e. The number of carbonyl (C=O) groups excluding carboxylic acids is 1. The van der Waals surface area contributed by atoms with E-state index >= 15 is 0 Å². The fourth-order valence-corrected chi connectivity index (χ4v) is 4.89. The van der Waals surface area contributed by atoms with Gasteiger partial charge in [-0.05, 0) is 6.92 Å². The Labute approximate surface area is 249 Å². The number of aliphatic carboxylic acids is 1. The third kappa shape index (κ3) is 7.29. The second-order valence-electron chi connectivity index (χ2n) is 11.0. The van der Waals surface area contributed by atoms with Crippen molar-refractivity contribution in [3.63, 3.8) is 0 Å². The van der Waals surface area contributed by atoms with Crippen molar-refractivity contribution in [1.82, 2.24) is 0 Å². The molecule has 44 heavy (non-hydrogen) atoms. The first-order valence-corrected chi connectivity index (χ1v) is 13.4. The van der Waals surface area contributed by atoms with Crippen molar-refractivity contribution >= 4 is 11.9 Å². The van der Waals surface area contributed by atoms with Gasteiger partial charge in [0.15, 0.2) is 24.5 Å². The standard InChI is InChI=1S/C23H41N3O18/c1-22(38,21(36)37)2-8(30)43-23(5-29)17(34)14(33)11(26)20(44-23)42-16-7(4-28)40-19(10(25)13(16)32)41-15-6(3-27)39-18(35)9(24)12(15)31/h6-7,9-20,27-29,31-35,38H,2-5,24-26H2,1H3,(H,36,37)/t6-,7-,9-,10-,11-,12-,13-,14-,15?,16?,17+,18-,19+,20+,22?,23+/m1/s1. The average Bonchev–Trinajstić information content (AvgIpc) is 2.97. The highest BCUT2D eigenvalue weighted by molar-refractivity contribution is 5.84. The molecular weight excluding hydrogens is 606 g/mol. The molecule has 0 radical (unpaired) electrons. The first-order chi connectivity index (χ1) is 20.4. The lowest BCUT2D eigenvalue weighted by Gasteiger charge is -2.50. The third-order valence-corrected chi connectivity index (χ3v) is 7.66. The van der Waals surface area contributed by atoms with Crippen LogP contribution >= 0.6 is 0 Å². The van der Waals surface area contributed by atoms with E-state index in [-0.39, 0.29) is 0 Å². The topological polar surface area (TPSA) is 370 Å². The Bertz CT molecular complexity index is 990. The van der Waals surface area contributed by atoms with Crippen LogP contribution in [0.15, 0.2) is 0 Å². The Hall–Kier alpha value is -1.74. The van der Waals surface area contributed by atoms with Crippen LogP contribution < -0.4 is 17.2 Å². The molecule has 3 unspecified atom stereocenters. The Balaban J connectivity index is 1.79. The summed E-state index contributed by atoms with van der Waals surface area (Å²) in [6.45, 7) is -2.17. The molecule has 16 N–H and O–H groups in total. The molecular formula is C23H41N3O18. The fraction of sp³-hybridized carbons (Fsp3) is 0.913. The number of hydrogen-bond donors (Lipinski definition) is 13. The van der Waals surface area contributed by atoms with E-state index < -0.39 is 135 Å². The van der Waals surface area contributed by atoms with Gasteiger partial charge in [-0.1, -0.05) is 0 Å². The minimum absolute atomic E-state index is 0.735. The molecule has 16 atom stereocenters. The number of esters is 1. The van der Waals surface area contributed by atoms with Crippen LogP contribution in [0.25, 0.3) is 0 Å². The van der Waals surface area contributed by atoms with Crippen LogP contribution in [0, 0.1) is 0 Å². The number of carboxylic acid groups (broad SMARTS) is 1. The average molecular weight is 648 g/mol. The lowest BCUT2D eigenvalue weighted by molar-refractivity contribution is -0.399. The molecule has 0 aromatic carbocycles. The fourth-order valence-electron chi connectivity index (χ4n) is 4.89. The van der Waals surface area contributed by atoms with Gasteiger partial charge in [0.05, 0.1) is 37.8 Å². The second-order valence-corrected chi connectivity index (χ2v) is 11.0. The predicted octanol–water partition coefficient (Wildman–Crippen LogP) is -8.58. The van der Waals surface area contributed by atoms with E-state index in [4.69, 9.17) is 50.7 Å². The van der Waals surface area contributed by atoms with E-state index in [0.29, 0.717) is 0 Å². The van der Waals surface area contributed by atoms with Crippen LogP contribution in [0.3, 0.4) is 0 Å². The SMILES string of the molecule is CC(O)(CC(=O)O[C@@]1(CO)O[C@H](OC2[C@@H](CO)O[C@@H](OC3[C@@H](CO)O[C@@H](O)[C@H](N)[C@H]3O)[C@H](N)[C@H]2O)[C@H](N)[C@@H](O)[C@@H]1O)C(=O)O. The quantitative estimate of drug-likeness (QED) is 0.0925. The highest BCUT2D eigenvalue weighted by Gasteiger charge is 2.58. The van der Waals surface area contributed by atoms with Crippen LogP contribution in [-0.2, 0) is 38.0 Å². The molecule has 0 amide bonds. The summed E-state index contributed by atoms with van der Waals surface area (Å²) in [6, 6.07) is -4.54. The van der Waals surface area contributed by atoms with Gasteiger partial charge >= 0.3 is 11.9 Å². The van der Waals surface area contributed by atoms with Gasteiger partial charge in [-0.3, -0.25) is 4.79 Å². The number of ether oxygens (including phenoxy) is 6. The smallest absolute Gasteiger partial charge is 0.335 e. The van der Waals surface area contributed by atoms with E-state index in [1.807, 2.05) is 0 Å². The maximum atomic E-state index is 12.4. The molecule has 3 rings (SSSR count). The number of hydrogen-bond acceptors (Lipinski definition) is 20. The van der Waals surface area contributed by atoms with Gasteiger partial charge in [-0.25, -0.2) is 4.79 Å². The van der Waals surface area contributed by atoms with Crippen LogP contribution in [0.2, 0.25) is 0 Å². The Morgan fingerprint density at radius 1 is 0.818 bits per heavy atom. The summed E-state index contributed by atoms with van der Waals surface area (Å²) in [6.07, 6.45) is -19.9. The van der Waals surface area contributed by atoms with Crippen LogP contribution in [0.4, 0.5) is 0 Å². The van der Waals surface area contributed by atoms with Gasteiger partial charge in [0.25, 0.3) is 5.79 Å². The van der Waals surface area contributed by atoms with Crippen molar-refractivity contribution in [1.29, 1.82) is 0 Å². The molecule has 21 nitrogen and oxygen atoms in total. The van der Waals surface area contributed by atoms with E-state index in [9.17, 15) is 55.5 Å². The van der Waals surface area contributed by atoms with E-state index in [2.05, 4.69) is 0 Å². The molecule has 3 heterocycles. The summed E-state index contributed by atoms with van der Waals surface area (Å²) in [7, 11) is 0. The van der Waals surface area contributed by atoms with E-state index in [1.54, 1.807) is 0 Å². The molecule has 0 bridgehead atoms. The van der Waals surface area contributed by atoms with Gasteiger partial charge in [-0.15, -0.1) is 0 Å². The maximum absolute atomic E-state index is 12.4. The number of aliphatic hydroxyl groups excluding tert-OH is 8. The summed E-state index contributed by atoms with van der Waals surface area (Å²) in [5.74, 6) is -6.09. The van der Waals surface area contributed by atoms with Crippen molar-refractivity contribution in [2.45, 2.75) is 111 Å². The van der Waals surface area contributed by atoms with Crippen molar-refractivity contribution < 1.29 is 89.1 Å². The van der Waals surface area contributed by atoms with Gasteiger partial charge in [0, 0.05) is 0 Å². The molecule has 21 heteroatoms. The highest BCUT2D eigenvalue weighted by Crippen LogP contribution is 2.35. The monoisotopic (exact) mass is 647 g/mol. The third-order valence-electron chi connectivity index (χ3n) is 7.66. The zero-order valence-electron chi connectivity index (χ0n) is 23.4. The van der Waals surface area contributed by atoms with Crippen LogP contribution in [0.5, 0.6) is 0 Å². The minimum atomic E-state index is -2.81. The first-order valence-electron chi connectivity index (χ1n) is 13.4. The van der Waals surface area contributed by atoms with Crippen molar-refractivity contribution in [3.8, 4) is 0 Å². The molecule has 3 fully saturated rings. The van der Waals surface area contributed by atoms with E-state index in [1.165, 1.54) is 0 Å². The molecule has 256 valence electrons. The van der Waals surface area contributed by atoms with E-state index in [0.717, 1.165) is 6.92 Å². The summed E-state index contributed by atoms with van der Waals surface area (Å²) < 4.78 is 32.4. The van der Waals surface area contributed by atoms with Crippen LogP contribution in [-0.4, -0.2) is 180 Å². The molecule has 0 aromatic heterocycles. The lowest BCUT2D eigenvalue weighted by Crippen LogP contribution is -2.72. The van der Waals surface area contributed by atoms with Gasteiger partial charge < -0.3 is 96.7 Å². The molecule has 3 saturated heterocycles. The van der Waals surface area contributed by atoms with Gasteiger partial charge in [-0.2, -0.15) is 0 Å². The Morgan fingerprint density at radius 2 is 1.32 bits per heavy atom. The largest absolute Gasteiger partial charge is 0.479 e. The summed E-state index contributed by atoms with van der Waals surface area (Å²) in [5.41, 5.74) is 15.1. The number of carbonyl (C=O) groups is 2. The van der Waals surface area contributed by atoms with Crippen LogP contribution in [0.1, 0.15) is 13.3 Å². The number of rotatable bonds is 11. The van der Waals surface area contributed by atoms with Crippen molar-refractivity contribution in [3.05, 3.63) is 0 Å². The highest BCUT2D eigenvalue weighted by atomic mass is 16.8. The summed E-state index contributed by atoms with van der Waals surface area (Å²) >= 11 is 0. The molecule has 0 aliphatic carbocycles. The first kappa shape index (κ1) is 36.7. The maximum Gasteiger partial charge on any atom is 0.335 e. The molecule has 3 aliphatic heterocycles. The zero-order valence-corrected chi connectivity index (χ0v) is 23.4. The predicted molar refractivity (Wildman–Crippen MR) is 135 cm³/mol. The van der Waals surface area contributed by atoms with Crippen molar-refractivity contribution in [2.24, 2.45) is 17.2 Å². The zero-order chi connectivity index (χ0) is 33.3. The molecule has 0 saturated carbocycles. The van der Waals surface area contributed by atoms with Gasteiger partial charge in [0.1, 0.15) is 55.4 Å². The number of nitrogens with two attached hydrogens (primary N) is 3. The summed E-state index contributed by atoms with van der Waals surface area (Å²) in [4.78, 5) is 23.6. The summed E-state index contributed by atoms with van der Waals surface area (Å²) in [5, 5.41) is 101. The molecule has 0 aromatic rings. The molecule has 3 aliphatic rings. The normalized spacial score (nSPS) is 46.2. The van der Waals surface area contributed by atoms with Gasteiger partial charge in [0.2, 0.25) is 0 Å². The van der Waals surface area contributed by atoms with Crippen molar-refractivity contribution in [2.75, 3.05) is 19.8 Å². The Kier molecular flexibility index (Phi) is 12.0. The molecule has 0 spiro atoms. The second kappa shape index (κ2) is 14.4.